The summed E-state index contributed by atoms with van der Waals surface area (Å²) in [5.41, 5.74) is 0.191. The molecule has 1 saturated heterocycles. The van der Waals surface area contributed by atoms with Crippen molar-refractivity contribution in [3.8, 4) is 11.5 Å². The Hall–Kier alpha value is -2.26. The monoisotopic (exact) mass is 438 g/mol. The van der Waals surface area contributed by atoms with Crippen molar-refractivity contribution < 1.29 is 18.7 Å². The molecule has 2 heterocycles. The van der Waals surface area contributed by atoms with Gasteiger partial charge in [-0.2, -0.15) is 0 Å². The molecule has 8 nitrogen and oxygen atoms in total. The minimum Gasteiger partial charge on any atom is -0.444 e. The van der Waals surface area contributed by atoms with Crippen LogP contribution in [0.5, 0.6) is 0 Å². The number of rotatable bonds is 4. The van der Waals surface area contributed by atoms with E-state index in [9.17, 15) is 9.59 Å². The Balaban J connectivity index is 1.47. The lowest BCUT2D eigenvalue weighted by atomic mass is 10.2. The molecule has 1 aliphatic heterocycles. The molecule has 0 unspecified atom stereocenters. The zero-order valence-corrected chi connectivity index (χ0v) is 18.1. The van der Waals surface area contributed by atoms with Crippen molar-refractivity contribution in [3.05, 3.63) is 29.3 Å². The van der Waals surface area contributed by atoms with Gasteiger partial charge >= 0.3 is 6.09 Å². The molecule has 0 N–H and O–H groups in total. The lowest BCUT2D eigenvalue weighted by Crippen LogP contribution is -2.52. The van der Waals surface area contributed by atoms with Crippen LogP contribution in [-0.4, -0.2) is 69.5 Å². The zero-order valence-electron chi connectivity index (χ0n) is 16.6. The Morgan fingerprint density at radius 3 is 2.52 bits per heavy atom. The van der Waals surface area contributed by atoms with Crippen molar-refractivity contribution in [3.63, 3.8) is 0 Å². The van der Waals surface area contributed by atoms with Gasteiger partial charge in [-0.1, -0.05) is 29.4 Å². The highest BCUT2D eigenvalue weighted by Gasteiger charge is 2.27. The van der Waals surface area contributed by atoms with E-state index in [0.717, 1.165) is 5.56 Å². The summed E-state index contributed by atoms with van der Waals surface area (Å²) < 4.78 is 11.0. The number of piperazine rings is 1. The Labute approximate surface area is 178 Å². The lowest BCUT2D eigenvalue weighted by molar-refractivity contribution is -0.130. The maximum absolute atomic E-state index is 12.5. The van der Waals surface area contributed by atoms with Crippen LogP contribution in [-0.2, 0) is 9.53 Å². The molecular formula is C19H23ClN4O4S. The highest BCUT2D eigenvalue weighted by molar-refractivity contribution is 7.99. The molecule has 0 spiro atoms. The molecule has 0 aliphatic carbocycles. The maximum Gasteiger partial charge on any atom is 0.410 e. The van der Waals surface area contributed by atoms with E-state index in [-0.39, 0.29) is 17.8 Å². The van der Waals surface area contributed by atoms with E-state index in [0.29, 0.717) is 42.3 Å². The maximum atomic E-state index is 12.5. The third kappa shape index (κ3) is 6.11. The number of aromatic nitrogens is 2. The van der Waals surface area contributed by atoms with Crippen molar-refractivity contribution >= 4 is 35.4 Å². The topological polar surface area (TPSA) is 88.8 Å². The van der Waals surface area contributed by atoms with Crippen molar-refractivity contribution in [2.75, 3.05) is 31.9 Å². The molecule has 0 bridgehead atoms. The van der Waals surface area contributed by atoms with Crippen LogP contribution in [0.2, 0.25) is 5.02 Å². The number of ether oxygens (including phenoxy) is 1. The third-order valence-electron chi connectivity index (χ3n) is 4.08. The van der Waals surface area contributed by atoms with E-state index in [1.165, 1.54) is 11.8 Å². The SMILES string of the molecule is CC(C)(C)OC(=O)N1CCN(C(=O)CSc2nnc(-c3cccc(Cl)c3)o2)CC1. The number of hydrogen-bond acceptors (Lipinski definition) is 7. The predicted molar refractivity (Wildman–Crippen MR) is 110 cm³/mol. The number of carbonyl (C=O) groups is 2. The molecule has 2 amide bonds. The molecule has 0 atom stereocenters. The normalized spacial score (nSPS) is 14.8. The number of halogens is 1. The fourth-order valence-corrected chi connectivity index (χ4v) is 3.54. The first-order chi connectivity index (χ1) is 13.7. The number of thioether (sulfide) groups is 1. The van der Waals surface area contributed by atoms with E-state index in [4.69, 9.17) is 20.8 Å². The van der Waals surface area contributed by atoms with Gasteiger partial charge < -0.3 is 19.0 Å². The summed E-state index contributed by atoms with van der Waals surface area (Å²) in [6.45, 7) is 7.33. The molecule has 29 heavy (non-hydrogen) atoms. The van der Waals surface area contributed by atoms with Gasteiger partial charge in [0.05, 0.1) is 5.75 Å². The average molecular weight is 439 g/mol. The lowest BCUT2D eigenvalue weighted by Gasteiger charge is -2.35. The molecule has 1 aromatic carbocycles. The number of amides is 2. The molecule has 10 heteroatoms. The van der Waals surface area contributed by atoms with Crippen LogP contribution < -0.4 is 0 Å². The Morgan fingerprint density at radius 2 is 1.86 bits per heavy atom. The molecule has 1 fully saturated rings. The van der Waals surface area contributed by atoms with Gasteiger partial charge in [0.1, 0.15) is 5.60 Å². The average Bonchev–Trinajstić information content (AvgIpc) is 3.14. The smallest absolute Gasteiger partial charge is 0.410 e. The van der Waals surface area contributed by atoms with Crippen molar-refractivity contribution in [2.24, 2.45) is 0 Å². The first-order valence-electron chi connectivity index (χ1n) is 9.19. The molecule has 156 valence electrons. The molecule has 1 aromatic heterocycles. The number of hydrogen-bond donors (Lipinski definition) is 0. The summed E-state index contributed by atoms with van der Waals surface area (Å²) >= 11 is 7.16. The Kier molecular flexibility index (Phi) is 6.69. The van der Waals surface area contributed by atoms with Gasteiger partial charge in [-0.3, -0.25) is 4.79 Å². The van der Waals surface area contributed by atoms with Crippen LogP contribution >= 0.6 is 23.4 Å². The second-order valence-electron chi connectivity index (χ2n) is 7.52. The van der Waals surface area contributed by atoms with Gasteiger partial charge in [-0.05, 0) is 39.0 Å². The van der Waals surface area contributed by atoms with E-state index < -0.39 is 5.60 Å². The van der Waals surface area contributed by atoms with Crippen LogP contribution in [0.25, 0.3) is 11.5 Å². The van der Waals surface area contributed by atoms with Crippen molar-refractivity contribution in [1.29, 1.82) is 0 Å². The molecule has 0 saturated carbocycles. The summed E-state index contributed by atoms with van der Waals surface area (Å²) in [7, 11) is 0. The molecule has 2 aromatic rings. The summed E-state index contributed by atoms with van der Waals surface area (Å²) in [6, 6.07) is 7.12. The highest BCUT2D eigenvalue weighted by atomic mass is 35.5. The third-order valence-corrected chi connectivity index (χ3v) is 5.12. The van der Waals surface area contributed by atoms with Crippen molar-refractivity contribution in [2.45, 2.75) is 31.6 Å². The quantitative estimate of drug-likeness (QED) is 0.674. The molecule has 1 aliphatic rings. The Bertz CT molecular complexity index is 875. The molecule has 0 radical (unpaired) electrons. The van der Waals surface area contributed by atoms with Crippen LogP contribution in [0.3, 0.4) is 0 Å². The van der Waals surface area contributed by atoms with Gasteiger partial charge in [0.15, 0.2) is 0 Å². The van der Waals surface area contributed by atoms with Crippen molar-refractivity contribution in [1.82, 2.24) is 20.0 Å². The van der Waals surface area contributed by atoms with E-state index >= 15 is 0 Å². The predicted octanol–water partition coefficient (Wildman–Crippen LogP) is 3.56. The minimum atomic E-state index is -0.533. The Morgan fingerprint density at radius 1 is 1.17 bits per heavy atom. The van der Waals surface area contributed by atoms with Gasteiger partial charge in [0.25, 0.3) is 5.22 Å². The first kappa shape index (κ1) is 21.4. The van der Waals surface area contributed by atoms with Crippen LogP contribution in [0, 0.1) is 0 Å². The van der Waals surface area contributed by atoms with E-state index in [2.05, 4.69) is 10.2 Å². The van der Waals surface area contributed by atoms with Gasteiger partial charge in [0.2, 0.25) is 11.8 Å². The standard InChI is InChI=1S/C19H23ClN4O4S/c1-19(2,3)28-18(26)24-9-7-23(8-10-24)15(25)12-29-17-22-21-16(27-17)13-5-4-6-14(20)11-13/h4-6,11H,7-10,12H2,1-3H3. The van der Waals surface area contributed by atoms with E-state index in [1.807, 2.05) is 26.8 Å². The number of benzene rings is 1. The largest absolute Gasteiger partial charge is 0.444 e. The number of carbonyl (C=O) groups excluding carboxylic acids is 2. The van der Waals surface area contributed by atoms with Crippen LogP contribution in [0.1, 0.15) is 20.8 Å². The molecule has 3 rings (SSSR count). The molecular weight excluding hydrogens is 416 g/mol. The van der Waals surface area contributed by atoms with Gasteiger partial charge in [-0.25, -0.2) is 4.79 Å². The second-order valence-corrected chi connectivity index (χ2v) is 8.88. The first-order valence-corrected chi connectivity index (χ1v) is 10.6. The zero-order chi connectivity index (χ0) is 21.0. The van der Waals surface area contributed by atoms with Crippen LogP contribution in [0.4, 0.5) is 4.79 Å². The highest BCUT2D eigenvalue weighted by Crippen LogP contribution is 2.25. The summed E-state index contributed by atoms with van der Waals surface area (Å²) in [5.74, 6) is 0.499. The summed E-state index contributed by atoms with van der Waals surface area (Å²) in [4.78, 5) is 27.9. The van der Waals surface area contributed by atoms with Crippen LogP contribution in [0.15, 0.2) is 33.9 Å². The number of nitrogens with zero attached hydrogens (tertiary/aromatic N) is 4. The fraction of sp³-hybridized carbons (Fsp3) is 0.474. The minimum absolute atomic E-state index is 0.0404. The van der Waals surface area contributed by atoms with E-state index in [1.54, 1.807) is 28.0 Å². The second kappa shape index (κ2) is 9.04. The van der Waals surface area contributed by atoms with Gasteiger partial charge in [0, 0.05) is 36.8 Å². The van der Waals surface area contributed by atoms with Gasteiger partial charge in [-0.15, -0.1) is 10.2 Å². The summed E-state index contributed by atoms with van der Waals surface area (Å²) in [6.07, 6.45) is -0.349. The summed E-state index contributed by atoms with van der Waals surface area (Å²) in [5, 5.41) is 8.87. The fourth-order valence-electron chi connectivity index (χ4n) is 2.69.